The van der Waals surface area contributed by atoms with Gasteiger partial charge in [0.25, 0.3) is 0 Å². The first-order valence-electron chi connectivity index (χ1n) is 6.71. The minimum Gasteiger partial charge on any atom is -0.497 e. The zero-order chi connectivity index (χ0) is 15.2. The van der Waals surface area contributed by atoms with Crippen molar-refractivity contribution in [1.29, 1.82) is 0 Å². The Morgan fingerprint density at radius 2 is 2.14 bits per heavy atom. The molecule has 0 radical (unpaired) electrons. The summed E-state index contributed by atoms with van der Waals surface area (Å²) in [6.45, 7) is 1.63. The number of amides is 1. The number of nitrogens with one attached hydrogen (secondary N) is 2. The molecule has 0 bridgehead atoms. The van der Waals surface area contributed by atoms with E-state index in [4.69, 9.17) is 9.84 Å². The number of rotatable bonds is 5. The molecule has 1 aromatic carbocycles. The smallest absolute Gasteiger partial charge is 0.322 e. The first-order chi connectivity index (χ1) is 10.1. The van der Waals surface area contributed by atoms with Gasteiger partial charge in [-0.3, -0.25) is 14.5 Å². The fourth-order valence-corrected chi connectivity index (χ4v) is 2.24. The van der Waals surface area contributed by atoms with Crippen LogP contribution in [0.4, 0.5) is 5.69 Å². The van der Waals surface area contributed by atoms with Crippen LogP contribution in [0, 0.1) is 0 Å². The number of ether oxygens (including phenoxy) is 1. The standard InChI is InChI=1S/C14H19N3O4/c1-21-11-4-2-10(3-5-11)16-13(18)9-17-7-6-15-8-12(17)14(19)20/h2-5,12,15H,6-9H2,1H3,(H,16,18)(H,19,20). The van der Waals surface area contributed by atoms with Crippen LogP contribution in [0.5, 0.6) is 5.75 Å². The summed E-state index contributed by atoms with van der Waals surface area (Å²) in [5.74, 6) is -0.436. The second-order valence-electron chi connectivity index (χ2n) is 4.81. The maximum Gasteiger partial charge on any atom is 0.322 e. The molecule has 1 aromatic rings. The first kappa shape index (κ1) is 15.3. The minimum atomic E-state index is -0.917. The molecule has 2 rings (SSSR count). The summed E-state index contributed by atoms with van der Waals surface area (Å²) < 4.78 is 5.04. The lowest BCUT2D eigenvalue weighted by Gasteiger charge is -2.32. The summed E-state index contributed by atoms with van der Waals surface area (Å²) in [6, 6.07) is 6.31. The lowest BCUT2D eigenvalue weighted by Crippen LogP contribution is -2.56. The van der Waals surface area contributed by atoms with Crippen molar-refractivity contribution >= 4 is 17.6 Å². The molecule has 0 saturated carbocycles. The number of carbonyl (C=O) groups excluding carboxylic acids is 1. The van der Waals surface area contributed by atoms with E-state index in [1.54, 1.807) is 36.3 Å². The zero-order valence-corrected chi connectivity index (χ0v) is 11.8. The van der Waals surface area contributed by atoms with Gasteiger partial charge in [0.15, 0.2) is 0 Å². The molecule has 0 spiro atoms. The Labute approximate surface area is 122 Å². The number of piperazine rings is 1. The van der Waals surface area contributed by atoms with Gasteiger partial charge >= 0.3 is 5.97 Å². The first-order valence-corrected chi connectivity index (χ1v) is 6.71. The lowest BCUT2D eigenvalue weighted by atomic mass is 10.2. The summed E-state index contributed by atoms with van der Waals surface area (Å²) in [5, 5.41) is 14.9. The Kier molecular flexibility index (Phi) is 5.13. The third-order valence-corrected chi connectivity index (χ3v) is 3.36. The van der Waals surface area contributed by atoms with Crippen LogP contribution in [0.15, 0.2) is 24.3 Å². The van der Waals surface area contributed by atoms with Crippen molar-refractivity contribution in [2.24, 2.45) is 0 Å². The largest absolute Gasteiger partial charge is 0.497 e. The highest BCUT2D eigenvalue weighted by molar-refractivity contribution is 5.92. The van der Waals surface area contributed by atoms with E-state index in [1.807, 2.05) is 0 Å². The number of carboxylic acid groups (broad SMARTS) is 1. The van der Waals surface area contributed by atoms with E-state index >= 15 is 0 Å². The van der Waals surface area contributed by atoms with Crippen LogP contribution < -0.4 is 15.4 Å². The maximum atomic E-state index is 12.0. The average molecular weight is 293 g/mol. The van der Waals surface area contributed by atoms with E-state index in [0.717, 1.165) is 0 Å². The van der Waals surface area contributed by atoms with Gasteiger partial charge in [-0.1, -0.05) is 0 Å². The lowest BCUT2D eigenvalue weighted by molar-refractivity contribution is -0.144. The highest BCUT2D eigenvalue weighted by atomic mass is 16.5. The number of carbonyl (C=O) groups is 2. The number of hydrogen-bond donors (Lipinski definition) is 3. The number of benzene rings is 1. The average Bonchev–Trinajstić information content (AvgIpc) is 2.48. The fraction of sp³-hybridized carbons (Fsp3) is 0.429. The summed E-state index contributed by atoms with van der Waals surface area (Å²) in [7, 11) is 1.57. The van der Waals surface area contributed by atoms with Crippen molar-refractivity contribution in [2.75, 3.05) is 38.6 Å². The third kappa shape index (κ3) is 4.17. The van der Waals surface area contributed by atoms with Crippen molar-refractivity contribution < 1.29 is 19.4 Å². The number of nitrogens with zero attached hydrogens (tertiary/aromatic N) is 1. The Bertz CT molecular complexity index is 503. The van der Waals surface area contributed by atoms with Gasteiger partial charge in [0, 0.05) is 25.3 Å². The summed E-state index contributed by atoms with van der Waals surface area (Å²) in [6.07, 6.45) is 0. The molecule has 1 aliphatic rings. The molecule has 1 atom stereocenters. The van der Waals surface area contributed by atoms with Gasteiger partial charge in [-0.25, -0.2) is 0 Å². The van der Waals surface area contributed by atoms with Crippen LogP contribution in [-0.2, 0) is 9.59 Å². The predicted octanol–water partition coefficient (Wildman–Crippen LogP) is -0.00790. The van der Waals surface area contributed by atoms with Gasteiger partial charge in [-0.05, 0) is 24.3 Å². The highest BCUT2D eigenvalue weighted by Gasteiger charge is 2.29. The Morgan fingerprint density at radius 1 is 1.43 bits per heavy atom. The second kappa shape index (κ2) is 7.05. The number of methoxy groups -OCH3 is 1. The highest BCUT2D eigenvalue weighted by Crippen LogP contribution is 2.15. The van der Waals surface area contributed by atoms with Crippen molar-refractivity contribution in [3.63, 3.8) is 0 Å². The SMILES string of the molecule is COc1ccc(NC(=O)CN2CCNCC2C(=O)O)cc1. The number of anilines is 1. The second-order valence-corrected chi connectivity index (χ2v) is 4.81. The molecule has 1 unspecified atom stereocenters. The van der Waals surface area contributed by atoms with Crippen molar-refractivity contribution in [2.45, 2.75) is 6.04 Å². The molecule has 0 aromatic heterocycles. The third-order valence-electron chi connectivity index (χ3n) is 3.36. The van der Waals surface area contributed by atoms with E-state index in [9.17, 15) is 9.59 Å². The maximum absolute atomic E-state index is 12.0. The quantitative estimate of drug-likeness (QED) is 0.707. The van der Waals surface area contributed by atoms with Gasteiger partial charge in [0.2, 0.25) is 5.91 Å². The van der Waals surface area contributed by atoms with Crippen LogP contribution in [0.25, 0.3) is 0 Å². The molecule has 114 valence electrons. The van der Waals surface area contributed by atoms with E-state index < -0.39 is 12.0 Å². The van der Waals surface area contributed by atoms with Crippen LogP contribution in [-0.4, -0.2) is 61.2 Å². The molecule has 1 amide bonds. The molecule has 1 saturated heterocycles. The van der Waals surface area contributed by atoms with Crippen LogP contribution >= 0.6 is 0 Å². The van der Waals surface area contributed by atoms with Crippen LogP contribution in [0.1, 0.15) is 0 Å². The van der Waals surface area contributed by atoms with Gasteiger partial charge in [0.05, 0.1) is 13.7 Å². The van der Waals surface area contributed by atoms with Crippen LogP contribution in [0.2, 0.25) is 0 Å². The van der Waals surface area contributed by atoms with E-state index in [1.165, 1.54) is 0 Å². The minimum absolute atomic E-state index is 0.0602. The Hall–Kier alpha value is -2.12. The van der Waals surface area contributed by atoms with E-state index in [-0.39, 0.29) is 12.5 Å². The van der Waals surface area contributed by atoms with E-state index in [0.29, 0.717) is 31.1 Å². The summed E-state index contributed by atoms with van der Waals surface area (Å²) >= 11 is 0. The van der Waals surface area contributed by atoms with E-state index in [2.05, 4.69) is 10.6 Å². The molecule has 3 N–H and O–H groups in total. The van der Waals surface area contributed by atoms with Gasteiger partial charge < -0.3 is 20.5 Å². The topological polar surface area (TPSA) is 90.9 Å². The number of carboxylic acids is 1. The molecule has 1 aliphatic heterocycles. The number of hydrogen-bond acceptors (Lipinski definition) is 5. The number of aliphatic carboxylic acids is 1. The molecular weight excluding hydrogens is 274 g/mol. The Balaban J connectivity index is 1.92. The molecule has 1 fully saturated rings. The van der Waals surface area contributed by atoms with Crippen molar-refractivity contribution in [1.82, 2.24) is 10.2 Å². The van der Waals surface area contributed by atoms with Gasteiger partial charge in [-0.2, -0.15) is 0 Å². The van der Waals surface area contributed by atoms with Crippen molar-refractivity contribution in [3.8, 4) is 5.75 Å². The zero-order valence-electron chi connectivity index (χ0n) is 11.8. The van der Waals surface area contributed by atoms with Gasteiger partial charge in [-0.15, -0.1) is 0 Å². The normalized spacial score (nSPS) is 19.0. The molecule has 0 aliphatic carbocycles. The molecule has 7 nitrogen and oxygen atoms in total. The fourth-order valence-electron chi connectivity index (χ4n) is 2.24. The monoisotopic (exact) mass is 293 g/mol. The molecule has 1 heterocycles. The Morgan fingerprint density at radius 3 is 2.76 bits per heavy atom. The summed E-state index contributed by atoms with van der Waals surface area (Å²) in [4.78, 5) is 24.8. The van der Waals surface area contributed by atoms with Crippen LogP contribution in [0.3, 0.4) is 0 Å². The molecule has 7 heteroatoms. The molecular formula is C14H19N3O4. The molecule has 21 heavy (non-hydrogen) atoms. The van der Waals surface area contributed by atoms with Gasteiger partial charge in [0.1, 0.15) is 11.8 Å². The van der Waals surface area contributed by atoms with Crippen molar-refractivity contribution in [3.05, 3.63) is 24.3 Å². The summed E-state index contributed by atoms with van der Waals surface area (Å²) in [5.41, 5.74) is 0.655. The predicted molar refractivity (Wildman–Crippen MR) is 77.5 cm³/mol.